The molecule has 8 heteroatoms. The SMILES string of the molecule is CN(Cc1nccn1C)S(=O)(=O)c1cc(Br)ccc1N. The van der Waals surface area contributed by atoms with Gasteiger partial charge in [0, 0.05) is 31.0 Å². The van der Waals surface area contributed by atoms with Crippen LogP contribution in [0.5, 0.6) is 0 Å². The maximum Gasteiger partial charge on any atom is 0.245 e. The molecule has 0 aliphatic carbocycles. The van der Waals surface area contributed by atoms with Crippen LogP contribution < -0.4 is 5.73 Å². The second kappa shape index (κ2) is 5.55. The van der Waals surface area contributed by atoms with Gasteiger partial charge in [-0.2, -0.15) is 4.31 Å². The van der Waals surface area contributed by atoms with Crippen molar-refractivity contribution in [3.05, 3.63) is 40.9 Å². The monoisotopic (exact) mass is 358 g/mol. The van der Waals surface area contributed by atoms with Crippen molar-refractivity contribution in [3.63, 3.8) is 0 Å². The third-order valence-electron chi connectivity index (χ3n) is 2.95. The molecule has 6 nitrogen and oxygen atoms in total. The van der Waals surface area contributed by atoms with Gasteiger partial charge in [0.2, 0.25) is 10.0 Å². The summed E-state index contributed by atoms with van der Waals surface area (Å²) in [6.07, 6.45) is 3.40. The van der Waals surface area contributed by atoms with Crippen LogP contribution in [0.15, 0.2) is 40.0 Å². The second-order valence-corrected chi connectivity index (χ2v) is 7.33. The third kappa shape index (κ3) is 2.87. The summed E-state index contributed by atoms with van der Waals surface area (Å²) in [6.45, 7) is 0.178. The summed E-state index contributed by atoms with van der Waals surface area (Å²) < 4.78 is 28.7. The number of nitrogens with two attached hydrogens (primary N) is 1. The van der Waals surface area contributed by atoms with E-state index in [1.165, 1.54) is 17.4 Å². The molecule has 1 aromatic carbocycles. The van der Waals surface area contributed by atoms with Gasteiger partial charge >= 0.3 is 0 Å². The van der Waals surface area contributed by atoms with E-state index in [1.54, 1.807) is 29.1 Å². The van der Waals surface area contributed by atoms with Gasteiger partial charge in [-0.1, -0.05) is 15.9 Å². The minimum Gasteiger partial charge on any atom is -0.398 e. The Morgan fingerprint density at radius 1 is 1.45 bits per heavy atom. The molecule has 2 N–H and O–H groups in total. The fourth-order valence-corrected chi connectivity index (χ4v) is 3.51. The average Bonchev–Trinajstić information content (AvgIpc) is 2.78. The highest BCUT2D eigenvalue weighted by Crippen LogP contribution is 2.26. The lowest BCUT2D eigenvalue weighted by molar-refractivity contribution is 0.451. The summed E-state index contributed by atoms with van der Waals surface area (Å²) in [5, 5.41) is 0. The van der Waals surface area contributed by atoms with Crippen LogP contribution in [0.3, 0.4) is 0 Å². The molecular formula is C12H15BrN4O2S. The van der Waals surface area contributed by atoms with E-state index in [1.807, 2.05) is 7.05 Å². The number of halogens is 1. The fourth-order valence-electron chi connectivity index (χ4n) is 1.73. The van der Waals surface area contributed by atoms with E-state index >= 15 is 0 Å². The van der Waals surface area contributed by atoms with Crippen LogP contribution in [0, 0.1) is 0 Å². The number of nitrogen functional groups attached to an aromatic ring is 1. The van der Waals surface area contributed by atoms with Crippen LogP contribution in [0.25, 0.3) is 0 Å². The van der Waals surface area contributed by atoms with Gasteiger partial charge in [-0.3, -0.25) is 0 Å². The zero-order valence-electron chi connectivity index (χ0n) is 11.1. The Morgan fingerprint density at radius 3 is 2.75 bits per heavy atom. The van der Waals surface area contributed by atoms with Crippen molar-refractivity contribution in [3.8, 4) is 0 Å². The minimum atomic E-state index is -3.66. The topological polar surface area (TPSA) is 81.2 Å². The smallest absolute Gasteiger partial charge is 0.245 e. The van der Waals surface area contributed by atoms with Gasteiger partial charge in [-0.15, -0.1) is 0 Å². The fraction of sp³-hybridized carbons (Fsp3) is 0.250. The van der Waals surface area contributed by atoms with Crippen molar-refractivity contribution < 1.29 is 8.42 Å². The summed E-state index contributed by atoms with van der Waals surface area (Å²) >= 11 is 3.26. The lowest BCUT2D eigenvalue weighted by atomic mass is 10.3. The van der Waals surface area contributed by atoms with Crippen molar-refractivity contribution in [2.24, 2.45) is 7.05 Å². The highest BCUT2D eigenvalue weighted by molar-refractivity contribution is 9.10. The Labute approximate surface area is 126 Å². The molecule has 20 heavy (non-hydrogen) atoms. The van der Waals surface area contributed by atoms with Crippen LogP contribution >= 0.6 is 15.9 Å². The predicted molar refractivity (Wildman–Crippen MR) is 80.4 cm³/mol. The molecule has 0 radical (unpaired) electrons. The molecular weight excluding hydrogens is 344 g/mol. The molecule has 0 aliphatic heterocycles. The van der Waals surface area contributed by atoms with E-state index in [2.05, 4.69) is 20.9 Å². The van der Waals surface area contributed by atoms with Crippen LogP contribution in [-0.4, -0.2) is 29.3 Å². The summed E-state index contributed by atoms with van der Waals surface area (Å²) in [7, 11) is -0.340. The molecule has 0 saturated carbocycles. The normalized spacial score (nSPS) is 12.0. The van der Waals surface area contributed by atoms with Crippen molar-refractivity contribution in [2.45, 2.75) is 11.4 Å². The summed E-state index contributed by atoms with van der Waals surface area (Å²) in [4.78, 5) is 4.21. The summed E-state index contributed by atoms with van der Waals surface area (Å²) in [5.41, 5.74) is 5.99. The number of sulfonamides is 1. The molecule has 0 aliphatic rings. The molecule has 2 aromatic rings. The maximum absolute atomic E-state index is 12.5. The third-order valence-corrected chi connectivity index (χ3v) is 5.30. The first-order valence-electron chi connectivity index (χ1n) is 5.80. The largest absolute Gasteiger partial charge is 0.398 e. The Balaban J connectivity index is 2.35. The van der Waals surface area contributed by atoms with Crippen molar-refractivity contribution in [2.75, 3.05) is 12.8 Å². The molecule has 0 bridgehead atoms. The van der Waals surface area contributed by atoms with Gasteiger partial charge in [0.05, 0.1) is 12.2 Å². The van der Waals surface area contributed by atoms with Gasteiger partial charge < -0.3 is 10.3 Å². The minimum absolute atomic E-state index is 0.0867. The van der Waals surface area contributed by atoms with Crippen molar-refractivity contribution in [1.29, 1.82) is 0 Å². The number of nitrogens with zero attached hydrogens (tertiary/aromatic N) is 3. The highest BCUT2D eigenvalue weighted by atomic mass is 79.9. The zero-order chi connectivity index (χ0) is 14.9. The molecule has 1 aromatic heterocycles. The Bertz CT molecular complexity index is 727. The number of rotatable bonds is 4. The Morgan fingerprint density at radius 2 is 2.15 bits per heavy atom. The molecule has 2 rings (SSSR count). The number of imidazole rings is 1. The molecule has 1 heterocycles. The van der Waals surface area contributed by atoms with Gasteiger partial charge in [-0.25, -0.2) is 13.4 Å². The average molecular weight is 359 g/mol. The molecule has 0 fully saturated rings. The number of aryl methyl sites for hydroxylation is 1. The standard InChI is InChI=1S/C12H15BrN4O2S/c1-16-6-5-15-12(16)8-17(2)20(18,19)11-7-9(13)3-4-10(11)14/h3-7H,8,14H2,1-2H3. The van der Waals surface area contributed by atoms with Gasteiger partial charge in [0.25, 0.3) is 0 Å². The van der Waals surface area contributed by atoms with E-state index in [-0.39, 0.29) is 17.1 Å². The van der Waals surface area contributed by atoms with Crippen LogP contribution in [-0.2, 0) is 23.6 Å². The first kappa shape index (κ1) is 15.0. The quantitative estimate of drug-likeness (QED) is 0.841. The Hall–Kier alpha value is -1.38. The lowest BCUT2D eigenvalue weighted by Gasteiger charge is -2.18. The Kier molecular flexibility index (Phi) is 4.17. The second-order valence-electron chi connectivity index (χ2n) is 4.40. The first-order valence-corrected chi connectivity index (χ1v) is 8.03. The molecule has 108 valence electrons. The number of aromatic nitrogens is 2. The van der Waals surface area contributed by atoms with Crippen LogP contribution in [0.1, 0.15) is 5.82 Å². The van der Waals surface area contributed by atoms with Crippen LogP contribution in [0.2, 0.25) is 0 Å². The highest BCUT2D eigenvalue weighted by Gasteiger charge is 2.24. The number of hydrogen-bond donors (Lipinski definition) is 1. The number of anilines is 1. The van der Waals surface area contributed by atoms with E-state index in [4.69, 9.17) is 5.73 Å². The first-order chi connectivity index (χ1) is 9.32. The van der Waals surface area contributed by atoms with Crippen molar-refractivity contribution in [1.82, 2.24) is 13.9 Å². The van der Waals surface area contributed by atoms with Gasteiger partial charge in [0.1, 0.15) is 10.7 Å². The summed E-state index contributed by atoms with van der Waals surface area (Å²) in [5.74, 6) is 0.657. The molecule has 0 saturated heterocycles. The predicted octanol–water partition coefficient (Wildman–Crippen LogP) is 1.59. The molecule has 0 unspecified atom stereocenters. The number of hydrogen-bond acceptors (Lipinski definition) is 4. The molecule has 0 amide bonds. The van der Waals surface area contributed by atoms with E-state index in [0.717, 1.165) is 0 Å². The maximum atomic E-state index is 12.5. The van der Waals surface area contributed by atoms with Gasteiger partial charge in [-0.05, 0) is 18.2 Å². The van der Waals surface area contributed by atoms with E-state index in [9.17, 15) is 8.42 Å². The zero-order valence-corrected chi connectivity index (χ0v) is 13.5. The molecule has 0 spiro atoms. The molecule has 0 atom stereocenters. The lowest BCUT2D eigenvalue weighted by Crippen LogP contribution is -2.28. The van der Waals surface area contributed by atoms with E-state index < -0.39 is 10.0 Å². The number of benzene rings is 1. The van der Waals surface area contributed by atoms with Gasteiger partial charge in [0.15, 0.2) is 0 Å². The summed E-state index contributed by atoms with van der Waals surface area (Å²) in [6, 6.07) is 4.76. The van der Waals surface area contributed by atoms with E-state index in [0.29, 0.717) is 10.3 Å². The van der Waals surface area contributed by atoms with Crippen molar-refractivity contribution >= 4 is 31.6 Å². The van der Waals surface area contributed by atoms with Crippen LogP contribution in [0.4, 0.5) is 5.69 Å².